The summed E-state index contributed by atoms with van der Waals surface area (Å²) in [6, 6.07) is 10.8. The largest absolute Gasteiger partial charge is 0.495 e. The van der Waals surface area contributed by atoms with Gasteiger partial charge in [0, 0.05) is 17.6 Å². The topological polar surface area (TPSA) is 113 Å². The minimum atomic E-state index is -3.76. The van der Waals surface area contributed by atoms with Crippen LogP contribution in [0.2, 0.25) is 0 Å². The molecule has 0 spiro atoms. The molecule has 0 unspecified atom stereocenters. The van der Waals surface area contributed by atoms with E-state index >= 15 is 0 Å². The smallest absolute Gasteiger partial charge is 0.245 e. The van der Waals surface area contributed by atoms with E-state index in [1.54, 1.807) is 24.3 Å². The van der Waals surface area contributed by atoms with Gasteiger partial charge in [0.1, 0.15) is 12.3 Å². The van der Waals surface area contributed by atoms with E-state index in [1.807, 2.05) is 0 Å². The molecule has 0 atom stereocenters. The summed E-state index contributed by atoms with van der Waals surface area (Å²) in [5, 5.41) is 2.59. The number of hydrogen-bond acceptors (Lipinski definition) is 6. The third-order valence-corrected chi connectivity index (χ3v) is 8.46. The fourth-order valence-corrected chi connectivity index (χ4v) is 6.15. The fraction of sp³-hybridized carbons (Fsp3) is 0.350. The number of sulfonamides is 2. The first-order chi connectivity index (χ1) is 15.0. The van der Waals surface area contributed by atoms with Crippen LogP contribution in [0.4, 0.5) is 11.4 Å². The maximum absolute atomic E-state index is 12.9. The Kier molecular flexibility index (Phi) is 7.48. The van der Waals surface area contributed by atoms with E-state index in [2.05, 4.69) is 21.2 Å². The van der Waals surface area contributed by atoms with Gasteiger partial charge in [-0.1, -0.05) is 22.0 Å². The molecular formula is C20H24BrN3O6S2. The highest BCUT2D eigenvalue weighted by Crippen LogP contribution is 2.30. The van der Waals surface area contributed by atoms with Gasteiger partial charge in [0.2, 0.25) is 26.0 Å². The van der Waals surface area contributed by atoms with Crippen molar-refractivity contribution in [2.24, 2.45) is 0 Å². The molecule has 9 nitrogen and oxygen atoms in total. The second-order valence-electron chi connectivity index (χ2n) is 7.27. The number of rotatable bonds is 8. The van der Waals surface area contributed by atoms with Gasteiger partial charge < -0.3 is 10.1 Å². The van der Waals surface area contributed by atoms with Crippen LogP contribution in [0, 0.1) is 0 Å². The van der Waals surface area contributed by atoms with E-state index in [0.717, 1.165) is 23.4 Å². The zero-order valence-electron chi connectivity index (χ0n) is 17.6. The van der Waals surface area contributed by atoms with E-state index < -0.39 is 32.5 Å². The molecule has 1 amide bonds. The molecule has 1 fully saturated rings. The molecule has 2 aromatic rings. The van der Waals surface area contributed by atoms with Gasteiger partial charge in [-0.25, -0.2) is 16.8 Å². The molecule has 0 aliphatic carbocycles. The number of benzene rings is 2. The first-order valence-electron chi connectivity index (χ1n) is 9.73. The van der Waals surface area contributed by atoms with Crippen LogP contribution in [0.15, 0.2) is 51.8 Å². The van der Waals surface area contributed by atoms with Gasteiger partial charge in [-0.05, 0) is 49.2 Å². The monoisotopic (exact) mass is 545 g/mol. The van der Waals surface area contributed by atoms with Crippen LogP contribution in [0.1, 0.15) is 12.8 Å². The molecule has 1 aliphatic heterocycles. The van der Waals surface area contributed by atoms with E-state index in [9.17, 15) is 21.6 Å². The number of carbonyl (C=O) groups is 1. The van der Waals surface area contributed by atoms with Crippen LogP contribution in [0.25, 0.3) is 0 Å². The SMILES string of the molecule is COc1ccc(S(=O)(=O)N2CCCC2)cc1NC(=O)CN(c1cccc(Br)c1)S(C)(=O)=O. The maximum atomic E-state index is 12.9. The average Bonchev–Trinajstić information content (AvgIpc) is 3.27. The Labute approximate surface area is 196 Å². The third kappa shape index (κ3) is 5.61. The Morgan fingerprint density at radius 3 is 2.41 bits per heavy atom. The van der Waals surface area contributed by atoms with Crippen molar-refractivity contribution in [3.63, 3.8) is 0 Å². The minimum absolute atomic E-state index is 0.0301. The summed E-state index contributed by atoms with van der Waals surface area (Å²) in [5.41, 5.74) is 0.454. The first kappa shape index (κ1) is 24.5. The molecular weight excluding hydrogens is 522 g/mol. The number of halogens is 1. The second kappa shape index (κ2) is 9.77. The number of anilines is 2. The van der Waals surface area contributed by atoms with E-state index in [4.69, 9.17) is 4.74 Å². The van der Waals surface area contributed by atoms with Crippen LogP contribution < -0.4 is 14.4 Å². The lowest BCUT2D eigenvalue weighted by atomic mass is 10.3. The molecule has 0 aromatic heterocycles. The van der Waals surface area contributed by atoms with Crippen LogP contribution in [0.3, 0.4) is 0 Å². The van der Waals surface area contributed by atoms with Crippen molar-refractivity contribution in [2.45, 2.75) is 17.7 Å². The summed E-state index contributed by atoms with van der Waals surface area (Å²) in [7, 11) is -6.07. The number of hydrogen-bond donors (Lipinski definition) is 1. The molecule has 1 N–H and O–H groups in total. The number of methoxy groups -OCH3 is 1. The number of carbonyl (C=O) groups excluding carboxylic acids is 1. The zero-order valence-corrected chi connectivity index (χ0v) is 20.8. The van der Waals surface area contributed by atoms with Crippen LogP contribution in [-0.2, 0) is 24.8 Å². The summed E-state index contributed by atoms with van der Waals surface area (Å²) in [6.45, 7) is 0.402. The lowest BCUT2D eigenvalue weighted by molar-refractivity contribution is -0.114. The molecule has 0 saturated carbocycles. The van der Waals surface area contributed by atoms with Crippen molar-refractivity contribution in [1.82, 2.24) is 4.31 Å². The number of nitrogens with one attached hydrogen (secondary N) is 1. The maximum Gasteiger partial charge on any atom is 0.245 e. The standard InChI is InChI=1S/C20H24BrN3O6S2/c1-30-19-9-8-17(32(28,29)23-10-3-4-11-23)13-18(19)22-20(25)14-24(31(2,26)27)16-7-5-6-15(21)12-16/h5-9,12-13H,3-4,10-11,14H2,1-2H3,(H,22,25). The van der Waals surface area contributed by atoms with E-state index in [-0.39, 0.29) is 16.3 Å². The molecule has 1 aliphatic rings. The Bertz CT molecular complexity index is 1210. The van der Waals surface area contributed by atoms with Gasteiger partial charge in [-0.3, -0.25) is 9.10 Å². The van der Waals surface area contributed by atoms with E-state index in [1.165, 1.54) is 29.6 Å². The van der Waals surface area contributed by atoms with Gasteiger partial charge in [0.15, 0.2) is 0 Å². The second-order valence-corrected chi connectivity index (χ2v) is 12.0. The lowest BCUT2D eigenvalue weighted by Crippen LogP contribution is -2.37. The van der Waals surface area contributed by atoms with Crippen molar-refractivity contribution in [2.75, 3.05) is 42.6 Å². The summed E-state index contributed by atoms with van der Waals surface area (Å²) in [5.74, 6) is -0.392. The minimum Gasteiger partial charge on any atom is -0.495 e. The lowest BCUT2D eigenvalue weighted by Gasteiger charge is -2.22. The van der Waals surface area contributed by atoms with Crippen molar-refractivity contribution >= 4 is 53.3 Å². The average molecular weight is 546 g/mol. The number of ether oxygens (including phenoxy) is 1. The molecule has 1 heterocycles. The first-order valence-corrected chi connectivity index (χ1v) is 13.8. The molecule has 0 radical (unpaired) electrons. The Hall–Kier alpha value is -2.15. The predicted molar refractivity (Wildman–Crippen MR) is 126 cm³/mol. The highest BCUT2D eigenvalue weighted by molar-refractivity contribution is 9.10. The van der Waals surface area contributed by atoms with Crippen molar-refractivity contribution in [3.8, 4) is 5.75 Å². The van der Waals surface area contributed by atoms with Crippen molar-refractivity contribution in [1.29, 1.82) is 0 Å². The third-order valence-electron chi connectivity index (χ3n) is 4.93. The van der Waals surface area contributed by atoms with Crippen molar-refractivity contribution < 1.29 is 26.4 Å². The summed E-state index contributed by atoms with van der Waals surface area (Å²) < 4.78 is 58.6. The quantitative estimate of drug-likeness (QED) is 0.545. The van der Waals surface area contributed by atoms with Crippen molar-refractivity contribution in [3.05, 3.63) is 46.9 Å². The number of amides is 1. The zero-order chi connectivity index (χ0) is 23.5. The Morgan fingerprint density at radius 1 is 1.12 bits per heavy atom. The normalized spacial score (nSPS) is 14.8. The molecule has 12 heteroatoms. The fourth-order valence-electron chi connectivity index (χ4n) is 3.37. The molecule has 32 heavy (non-hydrogen) atoms. The molecule has 3 rings (SSSR count). The summed E-state index contributed by atoms with van der Waals surface area (Å²) >= 11 is 3.29. The molecule has 1 saturated heterocycles. The summed E-state index contributed by atoms with van der Waals surface area (Å²) in [4.78, 5) is 12.8. The van der Waals surface area contributed by atoms with Crippen LogP contribution >= 0.6 is 15.9 Å². The Balaban J connectivity index is 1.87. The van der Waals surface area contributed by atoms with E-state index in [0.29, 0.717) is 23.2 Å². The van der Waals surface area contributed by atoms with Gasteiger partial charge in [-0.15, -0.1) is 0 Å². The van der Waals surface area contributed by atoms with Gasteiger partial charge in [0.25, 0.3) is 0 Å². The molecule has 2 aromatic carbocycles. The van der Waals surface area contributed by atoms with Crippen LogP contribution in [-0.4, -0.2) is 60.0 Å². The van der Waals surface area contributed by atoms with Gasteiger partial charge in [0.05, 0.1) is 29.6 Å². The Morgan fingerprint density at radius 2 is 1.81 bits per heavy atom. The van der Waals surface area contributed by atoms with Gasteiger partial charge in [-0.2, -0.15) is 4.31 Å². The molecule has 174 valence electrons. The van der Waals surface area contributed by atoms with Crippen LogP contribution in [0.5, 0.6) is 5.75 Å². The predicted octanol–water partition coefficient (Wildman–Crippen LogP) is 2.65. The highest BCUT2D eigenvalue weighted by atomic mass is 79.9. The number of nitrogens with zero attached hydrogens (tertiary/aromatic N) is 2. The summed E-state index contributed by atoms with van der Waals surface area (Å²) in [6.07, 6.45) is 2.61. The molecule has 0 bridgehead atoms. The van der Waals surface area contributed by atoms with Gasteiger partial charge >= 0.3 is 0 Å². The highest BCUT2D eigenvalue weighted by Gasteiger charge is 2.28.